The number of carbonyl (C=O) groups excluding carboxylic acids is 1. The third-order valence-corrected chi connectivity index (χ3v) is 4.77. The number of nitrogens with two attached hydrogens (primary N) is 1. The first-order valence-corrected chi connectivity index (χ1v) is 8.66. The van der Waals surface area contributed by atoms with E-state index < -0.39 is 0 Å². The summed E-state index contributed by atoms with van der Waals surface area (Å²) in [6, 6.07) is 14.7. The lowest BCUT2D eigenvalue weighted by molar-refractivity contribution is 0.104. The number of ether oxygens (including phenoxy) is 1. The Morgan fingerprint density at radius 3 is 2.79 bits per heavy atom. The molecule has 0 bridgehead atoms. The van der Waals surface area contributed by atoms with Crippen molar-refractivity contribution in [2.24, 2.45) is 0 Å². The summed E-state index contributed by atoms with van der Waals surface area (Å²) in [6.45, 7) is 0. The SMILES string of the molecule is COc1ccccc1C(=O)c1sc(Nc2cccc(Br)c2)nc1N. The van der Waals surface area contributed by atoms with Crippen LogP contribution in [0.2, 0.25) is 0 Å². The van der Waals surface area contributed by atoms with Gasteiger partial charge in [0.15, 0.2) is 5.13 Å². The quantitative estimate of drug-likeness (QED) is 0.614. The number of carbonyl (C=O) groups is 1. The molecule has 3 aromatic rings. The van der Waals surface area contributed by atoms with Crippen LogP contribution in [-0.2, 0) is 0 Å². The Labute approximate surface area is 151 Å². The molecule has 7 heteroatoms. The van der Waals surface area contributed by atoms with Gasteiger partial charge in [-0.2, -0.15) is 0 Å². The first-order chi connectivity index (χ1) is 11.6. The molecule has 3 rings (SSSR count). The zero-order valence-electron chi connectivity index (χ0n) is 12.7. The number of methoxy groups -OCH3 is 1. The maximum Gasteiger partial charge on any atom is 0.210 e. The summed E-state index contributed by atoms with van der Waals surface area (Å²) in [7, 11) is 1.53. The highest BCUT2D eigenvalue weighted by molar-refractivity contribution is 9.10. The number of nitrogens with zero attached hydrogens (tertiary/aromatic N) is 1. The largest absolute Gasteiger partial charge is 0.496 e. The van der Waals surface area contributed by atoms with Crippen LogP contribution >= 0.6 is 27.3 Å². The fraction of sp³-hybridized carbons (Fsp3) is 0.0588. The van der Waals surface area contributed by atoms with Gasteiger partial charge in [0, 0.05) is 10.2 Å². The highest BCUT2D eigenvalue weighted by Crippen LogP contribution is 2.32. The Hall–Kier alpha value is -2.38. The highest BCUT2D eigenvalue weighted by Gasteiger charge is 2.20. The molecule has 1 heterocycles. The van der Waals surface area contributed by atoms with Gasteiger partial charge in [-0.15, -0.1) is 0 Å². The number of nitrogens with one attached hydrogen (secondary N) is 1. The van der Waals surface area contributed by atoms with E-state index in [0.29, 0.717) is 21.3 Å². The molecule has 2 aromatic carbocycles. The fourth-order valence-corrected chi connectivity index (χ4v) is 3.45. The molecule has 0 fully saturated rings. The van der Waals surface area contributed by atoms with E-state index in [4.69, 9.17) is 10.5 Å². The van der Waals surface area contributed by atoms with Crippen molar-refractivity contribution in [2.45, 2.75) is 0 Å². The van der Waals surface area contributed by atoms with Crippen molar-refractivity contribution in [3.8, 4) is 5.75 Å². The van der Waals surface area contributed by atoms with Gasteiger partial charge in [0.1, 0.15) is 16.4 Å². The Kier molecular flexibility index (Phi) is 4.82. The van der Waals surface area contributed by atoms with E-state index in [1.807, 2.05) is 30.3 Å². The van der Waals surface area contributed by atoms with Gasteiger partial charge in [0.05, 0.1) is 12.7 Å². The first kappa shape index (κ1) is 16.5. The molecule has 1 aromatic heterocycles. The van der Waals surface area contributed by atoms with E-state index in [2.05, 4.69) is 26.2 Å². The Balaban J connectivity index is 1.90. The van der Waals surface area contributed by atoms with Gasteiger partial charge in [0.2, 0.25) is 5.78 Å². The molecule has 0 aliphatic rings. The van der Waals surface area contributed by atoms with Crippen molar-refractivity contribution in [3.63, 3.8) is 0 Å². The number of rotatable bonds is 5. The van der Waals surface area contributed by atoms with Crippen LogP contribution in [0, 0.1) is 0 Å². The van der Waals surface area contributed by atoms with Crippen LogP contribution in [0.1, 0.15) is 15.2 Å². The molecule has 0 aliphatic heterocycles. The minimum absolute atomic E-state index is 0.202. The van der Waals surface area contributed by atoms with Gasteiger partial charge >= 0.3 is 0 Å². The Morgan fingerprint density at radius 1 is 1.25 bits per heavy atom. The lowest BCUT2D eigenvalue weighted by atomic mass is 10.1. The van der Waals surface area contributed by atoms with Crippen LogP contribution in [0.4, 0.5) is 16.6 Å². The molecule has 0 atom stereocenters. The van der Waals surface area contributed by atoms with Gasteiger partial charge in [0.25, 0.3) is 0 Å². The normalized spacial score (nSPS) is 10.4. The average Bonchev–Trinajstić information content (AvgIpc) is 2.94. The standard InChI is InChI=1S/C17H14BrN3O2S/c1-23-13-8-3-2-7-12(13)14(22)15-16(19)21-17(24-15)20-11-6-4-5-10(18)9-11/h2-9H,19H2,1H3,(H,20,21). The number of hydrogen-bond acceptors (Lipinski definition) is 6. The maximum absolute atomic E-state index is 12.7. The van der Waals surface area contributed by atoms with Crippen molar-refractivity contribution < 1.29 is 9.53 Å². The summed E-state index contributed by atoms with van der Waals surface area (Å²) < 4.78 is 6.19. The summed E-state index contributed by atoms with van der Waals surface area (Å²) in [4.78, 5) is 17.4. The molecule has 0 amide bonds. The van der Waals surface area contributed by atoms with E-state index in [9.17, 15) is 4.79 Å². The lowest BCUT2D eigenvalue weighted by Gasteiger charge is -2.05. The lowest BCUT2D eigenvalue weighted by Crippen LogP contribution is -2.04. The number of anilines is 3. The maximum atomic E-state index is 12.7. The molecule has 5 nitrogen and oxygen atoms in total. The molecule has 0 aliphatic carbocycles. The molecule has 3 N–H and O–H groups in total. The zero-order valence-corrected chi connectivity index (χ0v) is 15.1. The minimum atomic E-state index is -0.204. The molecular formula is C17H14BrN3O2S. The summed E-state index contributed by atoms with van der Waals surface area (Å²) >= 11 is 4.63. The van der Waals surface area contributed by atoms with Crippen molar-refractivity contribution in [2.75, 3.05) is 18.2 Å². The monoisotopic (exact) mass is 403 g/mol. The first-order valence-electron chi connectivity index (χ1n) is 7.05. The van der Waals surface area contributed by atoms with Crippen LogP contribution in [0.5, 0.6) is 5.75 Å². The molecule has 0 radical (unpaired) electrons. The van der Waals surface area contributed by atoms with Crippen LogP contribution < -0.4 is 15.8 Å². The van der Waals surface area contributed by atoms with Gasteiger partial charge < -0.3 is 15.8 Å². The minimum Gasteiger partial charge on any atom is -0.496 e. The molecule has 24 heavy (non-hydrogen) atoms. The number of para-hydroxylation sites is 1. The van der Waals surface area contributed by atoms with E-state index in [-0.39, 0.29) is 11.6 Å². The number of benzene rings is 2. The third kappa shape index (κ3) is 3.42. The predicted octanol–water partition coefficient (Wildman–Crippen LogP) is 4.47. The summed E-state index contributed by atoms with van der Waals surface area (Å²) in [5.74, 6) is 0.509. The van der Waals surface area contributed by atoms with Gasteiger partial charge in [-0.25, -0.2) is 4.98 Å². The van der Waals surface area contributed by atoms with E-state index in [0.717, 1.165) is 10.2 Å². The van der Waals surface area contributed by atoms with Gasteiger partial charge in [-0.1, -0.05) is 45.5 Å². The Morgan fingerprint density at radius 2 is 2.04 bits per heavy atom. The number of ketones is 1. The highest BCUT2D eigenvalue weighted by atomic mass is 79.9. The van der Waals surface area contributed by atoms with Crippen LogP contribution in [0.3, 0.4) is 0 Å². The van der Waals surface area contributed by atoms with E-state index in [1.54, 1.807) is 18.2 Å². The van der Waals surface area contributed by atoms with E-state index in [1.165, 1.54) is 18.4 Å². The number of nitrogen functional groups attached to an aromatic ring is 1. The van der Waals surface area contributed by atoms with Crippen LogP contribution in [0.25, 0.3) is 0 Å². The second kappa shape index (κ2) is 7.02. The molecule has 0 saturated carbocycles. The van der Waals surface area contributed by atoms with E-state index >= 15 is 0 Å². The van der Waals surface area contributed by atoms with Crippen molar-refractivity contribution in [1.82, 2.24) is 4.98 Å². The molecule has 0 saturated heterocycles. The number of thiazole rings is 1. The zero-order chi connectivity index (χ0) is 17.1. The molecule has 122 valence electrons. The summed E-state index contributed by atoms with van der Waals surface area (Å²) in [5, 5.41) is 3.71. The average molecular weight is 404 g/mol. The Bertz CT molecular complexity index is 895. The second-order valence-electron chi connectivity index (χ2n) is 4.90. The number of halogens is 1. The second-order valence-corrected chi connectivity index (χ2v) is 6.81. The van der Waals surface area contributed by atoms with Crippen molar-refractivity contribution >= 4 is 49.7 Å². The van der Waals surface area contributed by atoms with Gasteiger partial charge in [-0.3, -0.25) is 4.79 Å². The molecule has 0 unspecified atom stereocenters. The summed E-state index contributed by atoms with van der Waals surface area (Å²) in [5.41, 5.74) is 7.26. The summed E-state index contributed by atoms with van der Waals surface area (Å²) in [6.07, 6.45) is 0. The number of aromatic nitrogens is 1. The fourth-order valence-electron chi connectivity index (χ4n) is 2.19. The topological polar surface area (TPSA) is 77.2 Å². The third-order valence-electron chi connectivity index (χ3n) is 3.29. The molecular weight excluding hydrogens is 390 g/mol. The molecule has 0 spiro atoms. The number of hydrogen-bond donors (Lipinski definition) is 2. The van der Waals surface area contributed by atoms with Crippen molar-refractivity contribution in [1.29, 1.82) is 0 Å². The predicted molar refractivity (Wildman–Crippen MR) is 100 cm³/mol. The van der Waals surface area contributed by atoms with Crippen molar-refractivity contribution in [3.05, 3.63) is 63.4 Å². The van der Waals surface area contributed by atoms with Crippen LogP contribution in [-0.4, -0.2) is 17.9 Å². The smallest absolute Gasteiger partial charge is 0.210 e. The van der Waals surface area contributed by atoms with Gasteiger partial charge in [-0.05, 0) is 30.3 Å². The van der Waals surface area contributed by atoms with Crippen LogP contribution in [0.15, 0.2) is 53.0 Å².